The molecule has 0 fully saturated rings. The Morgan fingerprint density at radius 2 is 2.00 bits per heavy atom. The van der Waals surface area contributed by atoms with Gasteiger partial charge in [0, 0.05) is 37.0 Å². The summed E-state index contributed by atoms with van der Waals surface area (Å²) in [5, 5.41) is 15.6. The van der Waals surface area contributed by atoms with Crippen molar-refractivity contribution in [1.29, 1.82) is 5.41 Å². The number of hydrogen-bond donors (Lipinski definition) is 1. The highest BCUT2D eigenvalue weighted by atomic mass is 16.5. The van der Waals surface area contributed by atoms with Gasteiger partial charge < -0.3 is 4.74 Å². The molecule has 0 spiro atoms. The first-order valence-corrected chi connectivity index (χ1v) is 10.6. The third-order valence-corrected chi connectivity index (χ3v) is 5.27. The van der Waals surface area contributed by atoms with Crippen LogP contribution < -0.4 is 4.74 Å². The minimum Gasteiger partial charge on any atom is -0.481 e. The fourth-order valence-electron chi connectivity index (χ4n) is 3.34. The summed E-state index contributed by atoms with van der Waals surface area (Å²) in [4.78, 5) is 8.61. The van der Waals surface area contributed by atoms with Gasteiger partial charge in [0.2, 0.25) is 5.88 Å². The maximum Gasteiger partial charge on any atom is 0.212 e. The molecule has 1 aromatic carbocycles. The topological polar surface area (TPSA) is 74.5 Å². The lowest BCUT2D eigenvalue weighted by molar-refractivity contribution is 0.397. The lowest BCUT2D eigenvalue weighted by atomic mass is 10.1. The van der Waals surface area contributed by atoms with Crippen molar-refractivity contribution in [2.75, 3.05) is 7.11 Å². The standard InChI is InChI=1S/C26H29N5O/c1-5-19(2)24(10-6-8-20-12-14-26(32-4)30-18-20)31(28-3)25(27)17-21-11-13-23-22(16-21)9-7-15-29-23/h6-7,9-16,18,27H,3,5,8,17H2,1-2,4H3/b10-6-,24-19+,27-25?. The molecule has 2 heterocycles. The summed E-state index contributed by atoms with van der Waals surface area (Å²) in [6, 6.07) is 13.9. The molecule has 0 amide bonds. The molecule has 164 valence electrons. The fraction of sp³-hybridized carbons (Fsp3) is 0.231. The molecule has 0 saturated heterocycles. The summed E-state index contributed by atoms with van der Waals surface area (Å²) in [7, 11) is 1.60. The summed E-state index contributed by atoms with van der Waals surface area (Å²) < 4.78 is 5.11. The zero-order valence-electron chi connectivity index (χ0n) is 18.9. The molecule has 0 saturated carbocycles. The third kappa shape index (κ3) is 5.66. The van der Waals surface area contributed by atoms with Crippen LogP contribution >= 0.6 is 0 Å². The monoisotopic (exact) mass is 427 g/mol. The third-order valence-electron chi connectivity index (χ3n) is 5.27. The number of benzene rings is 1. The maximum absolute atomic E-state index is 8.72. The normalized spacial score (nSPS) is 12.0. The van der Waals surface area contributed by atoms with Crippen LogP contribution in [0.4, 0.5) is 0 Å². The van der Waals surface area contributed by atoms with E-state index < -0.39 is 0 Å². The molecule has 3 aromatic rings. The Bertz CT molecular complexity index is 1150. The van der Waals surface area contributed by atoms with Crippen LogP contribution in [0.5, 0.6) is 5.88 Å². The van der Waals surface area contributed by atoms with Crippen LogP contribution in [0.3, 0.4) is 0 Å². The van der Waals surface area contributed by atoms with E-state index in [0.29, 0.717) is 24.6 Å². The predicted molar refractivity (Wildman–Crippen MR) is 131 cm³/mol. The van der Waals surface area contributed by atoms with Gasteiger partial charge in [-0.05, 0) is 60.7 Å². The van der Waals surface area contributed by atoms with Gasteiger partial charge in [-0.15, -0.1) is 0 Å². The van der Waals surface area contributed by atoms with Crippen molar-refractivity contribution in [2.24, 2.45) is 5.10 Å². The first-order chi connectivity index (χ1) is 15.5. The number of hydrazone groups is 1. The van der Waals surface area contributed by atoms with E-state index in [2.05, 4.69) is 47.8 Å². The molecule has 3 rings (SSSR count). The minimum absolute atomic E-state index is 0.363. The Hall–Kier alpha value is -3.80. The average molecular weight is 428 g/mol. The molecule has 0 bridgehead atoms. The van der Waals surface area contributed by atoms with E-state index in [9.17, 15) is 0 Å². The van der Waals surface area contributed by atoms with Crippen molar-refractivity contribution in [3.05, 3.63) is 89.4 Å². The molecule has 0 aliphatic rings. The number of hydrogen-bond acceptors (Lipinski definition) is 5. The highest BCUT2D eigenvalue weighted by Crippen LogP contribution is 2.20. The number of amidine groups is 1. The summed E-state index contributed by atoms with van der Waals surface area (Å²) in [6.07, 6.45) is 9.67. The van der Waals surface area contributed by atoms with Crippen molar-refractivity contribution >= 4 is 23.5 Å². The molecular formula is C26H29N5O. The molecule has 0 atom stereocenters. The van der Waals surface area contributed by atoms with Gasteiger partial charge in [0.25, 0.3) is 0 Å². The summed E-state index contributed by atoms with van der Waals surface area (Å²) in [5.74, 6) is 0.960. The van der Waals surface area contributed by atoms with Crippen molar-refractivity contribution in [3.63, 3.8) is 0 Å². The molecular weight excluding hydrogens is 398 g/mol. The van der Waals surface area contributed by atoms with Crippen LogP contribution in [-0.2, 0) is 12.8 Å². The van der Waals surface area contributed by atoms with E-state index >= 15 is 0 Å². The SMILES string of the molecule is C=NN(C(=N)Cc1ccc2ncccc2c1)C(/C=C\Cc1ccc(OC)nc1)=C(\C)CC. The lowest BCUT2D eigenvalue weighted by Crippen LogP contribution is -2.26. The molecule has 0 radical (unpaired) electrons. The highest BCUT2D eigenvalue weighted by Gasteiger charge is 2.15. The lowest BCUT2D eigenvalue weighted by Gasteiger charge is -2.22. The second-order valence-electron chi connectivity index (χ2n) is 7.44. The zero-order chi connectivity index (χ0) is 22.9. The van der Waals surface area contributed by atoms with E-state index in [-0.39, 0.29) is 0 Å². The summed E-state index contributed by atoms with van der Waals surface area (Å²) in [5.41, 5.74) is 5.06. The quantitative estimate of drug-likeness (QED) is 0.210. The van der Waals surface area contributed by atoms with Gasteiger partial charge in [-0.3, -0.25) is 10.4 Å². The molecule has 6 heteroatoms. The van der Waals surface area contributed by atoms with Gasteiger partial charge >= 0.3 is 0 Å². The molecule has 0 unspecified atom stereocenters. The van der Waals surface area contributed by atoms with Crippen molar-refractivity contribution in [3.8, 4) is 5.88 Å². The molecule has 6 nitrogen and oxygen atoms in total. The Kier molecular flexibility index (Phi) is 7.86. The molecule has 0 aliphatic carbocycles. The largest absolute Gasteiger partial charge is 0.481 e. The van der Waals surface area contributed by atoms with Crippen molar-refractivity contribution < 1.29 is 4.74 Å². The van der Waals surface area contributed by atoms with E-state index in [1.807, 2.05) is 42.5 Å². The second-order valence-corrected chi connectivity index (χ2v) is 7.44. The van der Waals surface area contributed by atoms with Gasteiger partial charge in [0.05, 0.1) is 18.3 Å². The number of nitrogens with one attached hydrogen (secondary N) is 1. The fourth-order valence-corrected chi connectivity index (χ4v) is 3.34. The Morgan fingerprint density at radius 1 is 1.19 bits per heavy atom. The van der Waals surface area contributed by atoms with Gasteiger partial charge in [-0.25, -0.2) is 9.99 Å². The van der Waals surface area contributed by atoms with E-state index in [1.54, 1.807) is 24.5 Å². The van der Waals surface area contributed by atoms with E-state index in [1.165, 1.54) is 0 Å². The first kappa shape index (κ1) is 22.9. The number of rotatable bonds is 9. The molecule has 0 aliphatic heterocycles. The zero-order valence-corrected chi connectivity index (χ0v) is 18.9. The second kappa shape index (κ2) is 11.0. The van der Waals surface area contributed by atoms with Crippen LogP contribution in [0.15, 0.2) is 83.4 Å². The van der Waals surface area contributed by atoms with Crippen LogP contribution in [0.1, 0.15) is 31.4 Å². The Labute approximate surface area is 189 Å². The number of methoxy groups -OCH3 is 1. The molecule has 1 N–H and O–H groups in total. The smallest absolute Gasteiger partial charge is 0.212 e. The summed E-state index contributed by atoms with van der Waals surface area (Å²) in [6.45, 7) is 7.88. The number of ether oxygens (including phenoxy) is 1. The number of fused-ring (bicyclic) bond motifs is 1. The van der Waals surface area contributed by atoms with Crippen LogP contribution in [-0.4, -0.2) is 34.6 Å². The Balaban J connectivity index is 1.77. The number of pyridine rings is 2. The van der Waals surface area contributed by atoms with Crippen LogP contribution in [0.2, 0.25) is 0 Å². The van der Waals surface area contributed by atoms with E-state index in [0.717, 1.165) is 39.7 Å². The van der Waals surface area contributed by atoms with Crippen LogP contribution in [0.25, 0.3) is 10.9 Å². The van der Waals surface area contributed by atoms with Gasteiger partial charge in [0.15, 0.2) is 0 Å². The molecule has 2 aromatic heterocycles. The Morgan fingerprint density at radius 3 is 2.69 bits per heavy atom. The summed E-state index contributed by atoms with van der Waals surface area (Å²) >= 11 is 0. The van der Waals surface area contributed by atoms with Crippen molar-refractivity contribution in [2.45, 2.75) is 33.1 Å². The minimum atomic E-state index is 0.363. The number of nitrogens with zero attached hydrogens (tertiary/aromatic N) is 4. The van der Waals surface area contributed by atoms with Crippen molar-refractivity contribution in [1.82, 2.24) is 15.0 Å². The first-order valence-electron chi connectivity index (χ1n) is 10.6. The number of aromatic nitrogens is 2. The van der Waals surface area contributed by atoms with Gasteiger partial charge in [-0.1, -0.05) is 31.2 Å². The predicted octanol–water partition coefficient (Wildman–Crippen LogP) is 5.56. The number of allylic oxidation sites excluding steroid dienone is 3. The van der Waals surface area contributed by atoms with Gasteiger partial charge in [-0.2, -0.15) is 5.10 Å². The molecule has 32 heavy (non-hydrogen) atoms. The van der Waals surface area contributed by atoms with E-state index in [4.69, 9.17) is 10.1 Å². The highest BCUT2D eigenvalue weighted by molar-refractivity contribution is 5.86. The average Bonchev–Trinajstić information content (AvgIpc) is 2.83. The van der Waals surface area contributed by atoms with Gasteiger partial charge in [0.1, 0.15) is 5.84 Å². The van der Waals surface area contributed by atoms with Crippen LogP contribution in [0, 0.1) is 5.41 Å². The maximum atomic E-state index is 8.72.